The molecule has 0 amide bonds. The highest BCUT2D eigenvalue weighted by Gasteiger charge is 2.40. The molecule has 0 aliphatic carbocycles. The molecule has 0 atom stereocenters. The van der Waals surface area contributed by atoms with Gasteiger partial charge in [-0.15, -0.1) is 4.40 Å². The summed E-state index contributed by atoms with van der Waals surface area (Å²) < 4.78 is 75.6. The van der Waals surface area contributed by atoms with E-state index in [4.69, 9.17) is 15.9 Å². The standard InChI is InChI=1S/C14H22F4N8O2S2.C4H4O4/c1-20-12(26-30(2,27)28)21-5-3-7-29-13-22-6-4-9(25-13)24-11(19)23-8-14(17,18)10(15)16;5-3(6)1-2-4(7)8/h4,6,10H,3,5,7-8H2,1-2H3,(H2,20,21,26)(H3,19,22,23,24,25);1-2H,(H,5,6)(H,7,8). The van der Waals surface area contributed by atoms with Gasteiger partial charge in [-0.25, -0.2) is 41.7 Å². The van der Waals surface area contributed by atoms with Crippen molar-refractivity contribution in [1.82, 2.24) is 20.6 Å². The van der Waals surface area contributed by atoms with Crippen LogP contribution in [0.1, 0.15) is 6.42 Å². The van der Waals surface area contributed by atoms with Crippen molar-refractivity contribution in [2.24, 2.45) is 15.1 Å². The Balaban J connectivity index is 0.00000147. The summed E-state index contributed by atoms with van der Waals surface area (Å²) in [6.07, 6.45) is 0.261. The number of carbonyl (C=O) groups is 2. The largest absolute Gasteiger partial charge is 0.478 e. The lowest BCUT2D eigenvalue weighted by Crippen LogP contribution is -2.36. The number of sulfonamides is 1. The van der Waals surface area contributed by atoms with Crippen LogP contribution in [0.4, 0.5) is 23.4 Å². The molecule has 20 heteroatoms. The van der Waals surface area contributed by atoms with Gasteiger partial charge in [0, 0.05) is 37.7 Å². The molecule has 0 aromatic carbocycles. The zero-order chi connectivity index (χ0) is 29.4. The highest BCUT2D eigenvalue weighted by atomic mass is 32.2. The third-order valence-electron chi connectivity index (χ3n) is 3.38. The predicted octanol–water partition coefficient (Wildman–Crippen LogP) is 0.422. The van der Waals surface area contributed by atoms with Crippen LogP contribution in [0.2, 0.25) is 0 Å². The number of carboxylic acids is 2. The number of nitrogens with zero attached hydrogens (tertiary/aromatic N) is 4. The highest BCUT2D eigenvalue weighted by Crippen LogP contribution is 2.22. The van der Waals surface area contributed by atoms with E-state index in [1.807, 2.05) is 0 Å². The molecule has 214 valence electrons. The van der Waals surface area contributed by atoms with E-state index >= 15 is 0 Å². The third-order valence-corrected chi connectivity index (χ3v) is 4.84. The van der Waals surface area contributed by atoms with E-state index in [9.17, 15) is 35.6 Å². The Morgan fingerprint density at radius 2 is 1.87 bits per heavy atom. The fourth-order valence-electron chi connectivity index (χ4n) is 1.83. The fraction of sp³-hybridized carbons (Fsp3) is 0.444. The number of nitrogens with two attached hydrogens (primary N) is 1. The van der Waals surface area contributed by atoms with Crippen molar-refractivity contribution in [1.29, 1.82) is 0 Å². The Kier molecular flexibility index (Phi) is 15.3. The van der Waals surface area contributed by atoms with E-state index < -0.39 is 46.8 Å². The summed E-state index contributed by atoms with van der Waals surface area (Å²) in [6.45, 7) is -1.03. The van der Waals surface area contributed by atoms with Crippen LogP contribution in [0.15, 0.2) is 39.0 Å². The van der Waals surface area contributed by atoms with Crippen molar-refractivity contribution >= 4 is 51.5 Å². The van der Waals surface area contributed by atoms with Crippen LogP contribution in [0.25, 0.3) is 0 Å². The Morgan fingerprint density at radius 3 is 2.37 bits per heavy atom. The predicted molar refractivity (Wildman–Crippen MR) is 132 cm³/mol. The molecule has 7 N–H and O–H groups in total. The molecule has 0 aliphatic heterocycles. The number of anilines is 1. The van der Waals surface area contributed by atoms with Gasteiger partial charge in [-0.1, -0.05) is 11.8 Å². The molecule has 0 spiro atoms. The molecule has 1 heterocycles. The topological polar surface area (TPSA) is 221 Å². The van der Waals surface area contributed by atoms with Gasteiger partial charge in [0.25, 0.3) is 10.0 Å². The van der Waals surface area contributed by atoms with E-state index in [0.717, 1.165) is 6.26 Å². The number of aliphatic carboxylic acids is 2. The van der Waals surface area contributed by atoms with Crippen molar-refractivity contribution in [3.63, 3.8) is 0 Å². The molecule has 0 saturated carbocycles. The summed E-state index contributed by atoms with van der Waals surface area (Å²) in [6, 6.07) is 1.40. The average molecular weight is 591 g/mol. The van der Waals surface area contributed by atoms with Gasteiger partial charge in [0.05, 0.1) is 6.26 Å². The summed E-state index contributed by atoms with van der Waals surface area (Å²) in [5, 5.41) is 23.9. The Bertz CT molecular complexity index is 1100. The van der Waals surface area contributed by atoms with Crippen LogP contribution in [0.5, 0.6) is 0 Å². The van der Waals surface area contributed by atoms with Gasteiger partial charge < -0.3 is 31.9 Å². The molecule has 14 nitrogen and oxygen atoms in total. The quantitative estimate of drug-likeness (QED) is 0.0370. The monoisotopic (exact) mass is 590 g/mol. The fourth-order valence-corrected chi connectivity index (χ4v) is 3.08. The second-order valence-corrected chi connectivity index (χ2v) is 9.38. The summed E-state index contributed by atoms with van der Waals surface area (Å²) in [4.78, 5) is 30.4. The van der Waals surface area contributed by atoms with Gasteiger partial charge in [0.2, 0.25) is 5.96 Å². The lowest BCUT2D eigenvalue weighted by atomic mass is 10.3. The lowest BCUT2D eigenvalue weighted by Gasteiger charge is -2.13. The first kappa shape index (κ1) is 34.3. The van der Waals surface area contributed by atoms with Crippen LogP contribution in [0.3, 0.4) is 0 Å². The number of nitrogens with one attached hydrogen (secondary N) is 3. The number of hydrogen-bond acceptors (Lipinski definition) is 8. The number of rotatable bonds is 12. The second kappa shape index (κ2) is 16.9. The van der Waals surface area contributed by atoms with Crippen LogP contribution in [-0.2, 0) is 19.6 Å². The first-order chi connectivity index (χ1) is 17.6. The van der Waals surface area contributed by atoms with E-state index in [-0.39, 0.29) is 11.8 Å². The van der Waals surface area contributed by atoms with E-state index in [1.165, 1.54) is 31.1 Å². The van der Waals surface area contributed by atoms with Gasteiger partial charge in [-0.2, -0.15) is 8.78 Å². The number of aliphatic imine (C=N–C) groups is 1. The highest BCUT2D eigenvalue weighted by molar-refractivity contribution is 7.99. The molecule has 0 aliphatic rings. The first-order valence-electron chi connectivity index (χ1n) is 10.1. The maximum absolute atomic E-state index is 12.8. The molecular formula is C18H26F4N8O6S2. The lowest BCUT2D eigenvalue weighted by molar-refractivity contribution is -0.134. The van der Waals surface area contributed by atoms with Gasteiger partial charge >= 0.3 is 24.3 Å². The number of thioether (sulfide) groups is 1. The van der Waals surface area contributed by atoms with Crippen molar-refractivity contribution < 1.29 is 45.8 Å². The van der Waals surface area contributed by atoms with E-state index in [2.05, 4.69) is 35.3 Å². The minimum atomic E-state index is -4.27. The molecule has 0 unspecified atom stereocenters. The normalized spacial score (nSPS) is 12.6. The number of hydrogen-bond donors (Lipinski definition) is 6. The smallest absolute Gasteiger partial charge is 0.328 e. The number of aromatic nitrogens is 2. The summed E-state index contributed by atoms with van der Waals surface area (Å²) in [7, 11) is -1.99. The molecule has 1 rings (SSSR count). The first-order valence-corrected chi connectivity index (χ1v) is 12.9. The van der Waals surface area contributed by atoms with Crippen molar-refractivity contribution in [3.8, 4) is 0 Å². The van der Waals surface area contributed by atoms with Crippen molar-refractivity contribution in [2.75, 3.05) is 37.5 Å². The van der Waals surface area contributed by atoms with Crippen molar-refractivity contribution in [2.45, 2.75) is 23.9 Å². The zero-order valence-corrected chi connectivity index (χ0v) is 21.6. The number of halogens is 4. The number of guanidine groups is 2. The molecule has 0 radical (unpaired) electrons. The summed E-state index contributed by atoms with van der Waals surface area (Å²) >= 11 is 1.27. The van der Waals surface area contributed by atoms with Gasteiger partial charge in [-0.05, 0) is 12.5 Å². The third kappa shape index (κ3) is 17.7. The number of alkyl halides is 4. The van der Waals surface area contributed by atoms with Gasteiger partial charge in [-0.3, -0.25) is 0 Å². The van der Waals surface area contributed by atoms with Crippen LogP contribution >= 0.6 is 11.8 Å². The Labute approximate surface area is 219 Å². The van der Waals surface area contributed by atoms with E-state index in [0.29, 0.717) is 36.0 Å². The van der Waals surface area contributed by atoms with Crippen LogP contribution < -0.4 is 21.7 Å². The maximum atomic E-state index is 12.8. The van der Waals surface area contributed by atoms with Gasteiger partial charge in [0.1, 0.15) is 12.4 Å². The average Bonchev–Trinajstić information content (AvgIpc) is 2.80. The van der Waals surface area contributed by atoms with E-state index in [1.54, 1.807) is 0 Å². The maximum Gasteiger partial charge on any atom is 0.328 e. The minimum Gasteiger partial charge on any atom is -0.478 e. The zero-order valence-electron chi connectivity index (χ0n) is 19.9. The second-order valence-electron chi connectivity index (χ2n) is 6.67. The van der Waals surface area contributed by atoms with Gasteiger partial charge in [0.15, 0.2) is 11.1 Å². The number of carboxylic acid groups (broad SMARTS) is 2. The molecule has 38 heavy (non-hydrogen) atoms. The Hall–Kier alpha value is -3.68. The molecule has 1 aromatic heterocycles. The molecule has 0 saturated heterocycles. The summed E-state index contributed by atoms with van der Waals surface area (Å²) in [5.74, 6) is -6.43. The molecular weight excluding hydrogens is 564 g/mol. The summed E-state index contributed by atoms with van der Waals surface area (Å²) in [5.41, 5.74) is 5.41. The molecule has 1 aromatic rings. The SMILES string of the molecule is CNC(=NS(C)(=O)=O)NCCCSc1nccc(NC(N)=NCC(F)(F)C(F)F)n1.O=C(O)C=CC(=O)O. The molecule has 0 fully saturated rings. The molecule has 0 bridgehead atoms. The minimum absolute atomic E-state index is 0.122. The Morgan fingerprint density at radius 1 is 1.26 bits per heavy atom. The van der Waals surface area contributed by atoms with Crippen molar-refractivity contribution in [3.05, 3.63) is 24.4 Å². The van der Waals surface area contributed by atoms with Crippen LogP contribution in [0, 0.1) is 0 Å². The van der Waals surface area contributed by atoms with Crippen LogP contribution in [-0.4, -0.2) is 97.0 Å².